The second kappa shape index (κ2) is 13.1. The minimum absolute atomic E-state index is 0. The van der Waals surface area contributed by atoms with Gasteiger partial charge in [0.25, 0.3) is 0 Å². The van der Waals surface area contributed by atoms with E-state index in [0.29, 0.717) is 0 Å². The summed E-state index contributed by atoms with van der Waals surface area (Å²) in [7, 11) is 0. The van der Waals surface area contributed by atoms with Crippen LogP contribution in [-0.4, -0.2) is 20.2 Å². The first-order chi connectivity index (χ1) is 12.7. The fourth-order valence-electron chi connectivity index (χ4n) is 2.89. The van der Waals surface area contributed by atoms with Gasteiger partial charge in [-0.3, -0.25) is 0 Å². The summed E-state index contributed by atoms with van der Waals surface area (Å²) >= 11 is 3.09. The number of aromatic hydroxyl groups is 2. The van der Waals surface area contributed by atoms with E-state index in [-0.39, 0.29) is 80.2 Å². The normalized spacial score (nSPS) is 9.25. The molecule has 0 saturated heterocycles. The monoisotopic (exact) mass is 564 g/mol. The number of nitrogens with zero attached hydrogens (tertiary/aromatic N) is 2. The number of phenolic OH excluding ortho intramolecular Hbond substituents is 2. The maximum absolute atomic E-state index is 10.1. The molecule has 158 valence electrons. The van der Waals surface area contributed by atoms with Crippen LogP contribution < -0.4 is 0 Å². The molecule has 0 amide bonds. The van der Waals surface area contributed by atoms with Gasteiger partial charge in [-0.05, 0) is 36.4 Å². The first-order valence-electron chi connectivity index (χ1n) is 7.97. The Morgan fingerprint density at radius 2 is 0.938 bits per heavy atom. The average Bonchev–Trinajstić information content (AvgIpc) is 3.23. The van der Waals surface area contributed by atoms with Crippen molar-refractivity contribution in [2.75, 3.05) is 0 Å². The second-order valence-electron chi connectivity index (χ2n) is 5.86. The van der Waals surface area contributed by atoms with Crippen LogP contribution in [0.4, 0.5) is 0 Å². The third kappa shape index (κ3) is 5.79. The average molecular weight is 567 g/mol. The first-order valence-corrected chi connectivity index (χ1v) is 9.60. The zero-order chi connectivity index (χ0) is 17.7. The zero-order valence-electron chi connectivity index (χ0n) is 18.8. The van der Waals surface area contributed by atoms with Gasteiger partial charge in [0.05, 0.1) is 31.6 Å². The molecule has 3 aromatic carbocycles. The Hall–Kier alpha value is -1.71. The molecular formula is C24H24N2O2S2Zn2. The van der Waals surface area contributed by atoms with E-state index in [0.717, 1.165) is 41.6 Å². The van der Waals surface area contributed by atoms with Crippen LogP contribution >= 0.6 is 22.7 Å². The number of thiazole rings is 2. The third-order valence-electron chi connectivity index (χ3n) is 4.17. The SMILES string of the molecule is Oc1ccccc1-c1nc2cc3nc(-c4ccccc4O)sc3cc2s1.[CH3-].[CH3-].[CH3-].[CH3-].[Zn+2].[Zn+2]. The van der Waals surface area contributed by atoms with Crippen molar-refractivity contribution in [2.24, 2.45) is 0 Å². The predicted molar refractivity (Wildman–Crippen MR) is 133 cm³/mol. The van der Waals surface area contributed by atoms with Crippen molar-refractivity contribution < 1.29 is 49.2 Å². The molecule has 32 heavy (non-hydrogen) atoms. The number of fused-ring (bicyclic) bond motifs is 2. The summed E-state index contributed by atoms with van der Waals surface area (Å²) in [5, 5.41) is 21.7. The molecule has 0 spiro atoms. The number of para-hydroxylation sites is 2. The third-order valence-corrected chi connectivity index (χ3v) is 6.27. The quantitative estimate of drug-likeness (QED) is 0.172. The Labute approximate surface area is 223 Å². The van der Waals surface area contributed by atoms with Crippen LogP contribution in [0.1, 0.15) is 0 Å². The molecule has 0 aliphatic rings. The molecule has 5 rings (SSSR count). The molecule has 0 fully saturated rings. The summed E-state index contributed by atoms with van der Waals surface area (Å²) in [5.41, 5.74) is 3.18. The van der Waals surface area contributed by atoms with Gasteiger partial charge in [0, 0.05) is 0 Å². The number of aromatic nitrogens is 2. The largest absolute Gasteiger partial charge is 2.00 e. The fraction of sp³-hybridized carbons (Fsp3) is 0. The molecule has 8 heteroatoms. The molecule has 2 heterocycles. The number of benzene rings is 3. The molecule has 5 aromatic rings. The van der Waals surface area contributed by atoms with Gasteiger partial charge in [-0.25, -0.2) is 9.97 Å². The first kappa shape index (κ1) is 32.5. The summed E-state index contributed by atoms with van der Waals surface area (Å²) in [6, 6.07) is 18.5. The van der Waals surface area contributed by atoms with Crippen LogP contribution in [0, 0.1) is 29.7 Å². The van der Waals surface area contributed by atoms with Gasteiger partial charge in [-0.2, -0.15) is 0 Å². The van der Waals surface area contributed by atoms with Crippen molar-refractivity contribution in [1.29, 1.82) is 0 Å². The standard InChI is InChI=1S/C20H12N2O2S2.4CH3.2Zn/c23-15-7-3-1-5-11(15)19-21-13-9-14-18(10-17(13)25-19)26-20(22-14)12-6-2-4-8-16(12)24;;;;;;/h1-10,23-24H;4*1H3;;/q;4*-1;2*+2. The number of hydrogen-bond acceptors (Lipinski definition) is 6. The van der Waals surface area contributed by atoms with Crippen LogP contribution in [0.25, 0.3) is 41.6 Å². The van der Waals surface area contributed by atoms with Crippen LogP contribution in [0.2, 0.25) is 0 Å². The fourth-order valence-corrected chi connectivity index (χ4v) is 5.01. The molecule has 0 aliphatic heterocycles. The molecule has 4 nitrogen and oxygen atoms in total. The van der Waals surface area contributed by atoms with E-state index in [1.165, 1.54) is 0 Å². The summed E-state index contributed by atoms with van der Waals surface area (Å²) in [5.74, 6) is 0.460. The zero-order valence-corrected chi connectivity index (χ0v) is 26.4. The minimum Gasteiger partial charge on any atom is -0.507 e. The summed E-state index contributed by atoms with van der Waals surface area (Å²) in [4.78, 5) is 9.33. The van der Waals surface area contributed by atoms with Crippen LogP contribution in [0.5, 0.6) is 11.5 Å². The molecule has 2 N–H and O–H groups in total. The van der Waals surface area contributed by atoms with Crippen LogP contribution in [0.3, 0.4) is 0 Å². The molecule has 0 aliphatic carbocycles. The van der Waals surface area contributed by atoms with E-state index in [9.17, 15) is 10.2 Å². The summed E-state index contributed by atoms with van der Waals surface area (Å²) in [6.07, 6.45) is 0. The minimum atomic E-state index is 0. The van der Waals surface area contributed by atoms with E-state index >= 15 is 0 Å². The van der Waals surface area contributed by atoms with Gasteiger partial charge >= 0.3 is 39.0 Å². The molecule has 0 saturated carbocycles. The Morgan fingerprint density at radius 1 is 0.562 bits per heavy atom. The molecule has 0 radical (unpaired) electrons. The van der Waals surface area contributed by atoms with E-state index in [2.05, 4.69) is 16.0 Å². The van der Waals surface area contributed by atoms with Crippen molar-refractivity contribution in [2.45, 2.75) is 0 Å². The Bertz CT molecular complexity index is 1140. The Balaban J connectivity index is 0. The van der Waals surface area contributed by atoms with Gasteiger partial charge in [-0.1, -0.05) is 24.3 Å². The topological polar surface area (TPSA) is 66.2 Å². The smallest absolute Gasteiger partial charge is 0.507 e. The van der Waals surface area contributed by atoms with Gasteiger partial charge in [0.15, 0.2) is 0 Å². The van der Waals surface area contributed by atoms with Crippen molar-refractivity contribution in [3.63, 3.8) is 0 Å². The molecule has 0 unspecified atom stereocenters. The van der Waals surface area contributed by atoms with E-state index in [4.69, 9.17) is 0 Å². The maximum atomic E-state index is 10.1. The van der Waals surface area contributed by atoms with Crippen LogP contribution in [-0.2, 0) is 39.0 Å². The van der Waals surface area contributed by atoms with Gasteiger partial charge < -0.3 is 39.9 Å². The van der Waals surface area contributed by atoms with Gasteiger partial charge in [0.1, 0.15) is 21.5 Å². The molecule has 2 aromatic heterocycles. The van der Waals surface area contributed by atoms with E-state index in [1.54, 1.807) is 46.9 Å². The summed E-state index contributed by atoms with van der Waals surface area (Å²) < 4.78 is 2.09. The Morgan fingerprint density at radius 3 is 1.31 bits per heavy atom. The summed E-state index contributed by atoms with van der Waals surface area (Å²) in [6.45, 7) is 0. The van der Waals surface area contributed by atoms with Crippen molar-refractivity contribution in [3.05, 3.63) is 90.4 Å². The van der Waals surface area contributed by atoms with Crippen molar-refractivity contribution in [1.82, 2.24) is 9.97 Å². The number of rotatable bonds is 2. The molecular weight excluding hydrogens is 543 g/mol. The number of phenols is 2. The second-order valence-corrected chi connectivity index (χ2v) is 7.92. The van der Waals surface area contributed by atoms with Crippen LogP contribution in [0.15, 0.2) is 60.7 Å². The molecule has 0 bridgehead atoms. The molecule has 0 atom stereocenters. The van der Waals surface area contributed by atoms with Gasteiger partial charge in [-0.15, -0.1) is 22.7 Å². The van der Waals surface area contributed by atoms with Gasteiger partial charge in [0.2, 0.25) is 0 Å². The predicted octanol–water partition coefficient (Wildman–Crippen LogP) is 7.45. The van der Waals surface area contributed by atoms with Crippen molar-refractivity contribution in [3.8, 4) is 32.6 Å². The Kier molecular flexibility index (Phi) is 13.3. The van der Waals surface area contributed by atoms with E-state index in [1.807, 2.05) is 30.3 Å². The number of hydrogen-bond donors (Lipinski definition) is 2. The van der Waals surface area contributed by atoms with Crippen molar-refractivity contribution >= 4 is 43.1 Å². The maximum Gasteiger partial charge on any atom is 2.00 e. The van der Waals surface area contributed by atoms with E-state index < -0.39 is 0 Å².